The van der Waals surface area contributed by atoms with Crippen molar-refractivity contribution in [3.63, 3.8) is 0 Å². The van der Waals surface area contributed by atoms with Crippen LogP contribution >= 0.6 is 0 Å². The van der Waals surface area contributed by atoms with Crippen molar-refractivity contribution in [2.75, 3.05) is 24.1 Å². The summed E-state index contributed by atoms with van der Waals surface area (Å²) in [7, 11) is 0. The van der Waals surface area contributed by atoms with Crippen LogP contribution in [-0.2, 0) is 17.5 Å². The molecule has 3 aromatic heterocycles. The smallest absolute Gasteiger partial charge is 0.383 e. The van der Waals surface area contributed by atoms with Gasteiger partial charge in [0.1, 0.15) is 17.3 Å². The Kier molecular flexibility index (Phi) is 7.80. The van der Waals surface area contributed by atoms with E-state index >= 15 is 0 Å². The highest BCUT2D eigenvalue weighted by Crippen LogP contribution is 2.35. The summed E-state index contributed by atoms with van der Waals surface area (Å²) >= 11 is 0. The Bertz CT molecular complexity index is 1750. The molecule has 10 nitrogen and oxygen atoms in total. The normalized spacial score (nSPS) is 20.2. The van der Waals surface area contributed by atoms with Crippen LogP contribution in [0.2, 0.25) is 0 Å². The van der Waals surface area contributed by atoms with Crippen molar-refractivity contribution >= 4 is 40.4 Å². The van der Waals surface area contributed by atoms with Gasteiger partial charge in [-0.15, -0.1) is 0 Å². The number of aryl methyl sites for hydroxylation is 1. The third kappa shape index (κ3) is 5.87. The number of pyridine rings is 2. The Hall–Kier alpha value is -4.78. The van der Waals surface area contributed by atoms with Crippen LogP contribution < -0.4 is 16.4 Å². The highest BCUT2D eigenvalue weighted by atomic mass is 19.4. The number of carbonyl (C=O) groups excluding carboxylic acids is 2. The molecule has 1 aromatic carbocycles. The van der Waals surface area contributed by atoms with Crippen molar-refractivity contribution in [2.45, 2.75) is 51.0 Å². The fourth-order valence-corrected chi connectivity index (χ4v) is 5.57. The van der Waals surface area contributed by atoms with Crippen LogP contribution in [-0.4, -0.2) is 61.6 Å². The van der Waals surface area contributed by atoms with Crippen molar-refractivity contribution in [3.05, 3.63) is 71.6 Å². The van der Waals surface area contributed by atoms with E-state index in [0.29, 0.717) is 35.4 Å². The third-order valence-corrected chi connectivity index (χ3v) is 8.05. The van der Waals surface area contributed by atoms with E-state index in [1.54, 1.807) is 30.5 Å². The lowest BCUT2D eigenvalue weighted by atomic mass is 10.0. The minimum Gasteiger partial charge on any atom is -0.383 e. The van der Waals surface area contributed by atoms with Crippen molar-refractivity contribution in [1.29, 1.82) is 0 Å². The number of fused-ring (bicyclic) bond motifs is 1. The predicted octanol–water partition coefficient (Wildman–Crippen LogP) is 4.73. The Morgan fingerprint density at radius 3 is 2.61 bits per heavy atom. The zero-order chi connectivity index (χ0) is 31.0. The van der Waals surface area contributed by atoms with Crippen LogP contribution in [0.25, 0.3) is 28.2 Å². The fraction of sp³-hybridized carbons (Fsp3) is 0.323. The van der Waals surface area contributed by atoms with Gasteiger partial charge in [0.25, 0.3) is 5.91 Å². The van der Waals surface area contributed by atoms with E-state index in [0.717, 1.165) is 55.3 Å². The van der Waals surface area contributed by atoms with E-state index in [1.165, 1.54) is 0 Å². The topological polar surface area (TPSA) is 131 Å². The summed E-state index contributed by atoms with van der Waals surface area (Å²) < 4.78 is 41.1. The summed E-state index contributed by atoms with van der Waals surface area (Å²) in [6.45, 7) is 4.19. The molecule has 0 bridgehead atoms. The molecule has 2 atom stereocenters. The second-order valence-corrected chi connectivity index (χ2v) is 11.1. The van der Waals surface area contributed by atoms with Gasteiger partial charge in [0, 0.05) is 54.8 Å². The Labute approximate surface area is 251 Å². The summed E-state index contributed by atoms with van der Waals surface area (Å²) in [5.41, 5.74) is 8.67. The van der Waals surface area contributed by atoms with E-state index < -0.39 is 17.6 Å². The summed E-state index contributed by atoms with van der Waals surface area (Å²) in [6, 6.07) is 8.00. The zero-order valence-corrected chi connectivity index (χ0v) is 23.9. The molecule has 0 saturated carbocycles. The van der Waals surface area contributed by atoms with Crippen molar-refractivity contribution in [2.24, 2.45) is 0 Å². The van der Waals surface area contributed by atoms with Gasteiger partial charge in [-0.05, 0) is 50.5 Å². The molecular formula is C31H31F3N8O2. The molecule has 228 valence electrons. The number of rotatable bonds is 3. The molecule has 1 fully saturated rings. The summed E-state index contributed by atoms with van der Waals surface area (Å²) in [6.07, 6.45) is 4.52. The Morgan fingerprint density at radius 1 is 1.09 bits per heavy atom. The van der Waals surface area contributed by atoms with E-state index in [9.17, 15) is 22.8 Å². The molecule has 4 aromatic rings. The second kappa shape index (κ2) is 11.7. The standard InChI is InChI=1S/C31H31F3N8O2/c1-18-10-15-42-27-21(4-2-3-13-41-14-11-23(41)30(44)38-18)17-37-28(35)25(27)26(40-42)19-5-7-20(8-6-19)29(43)39-24-16-22(9-12-36-24)31(32,33)34/h2,4-9,12,16-18,23H,3,10-11,13-15H2,1H3,(H2,35,37)(H,38,44)(H,36,39,43)/b4-2+/t18-,23+/m1/s1. The van der Waals surface area contributed by atoms with Gasteiger partial charge in [0.2, 0.25) is 5.91 Å². The zero-order valence-electron chi connectivity index (χ0n) is 23.9. The van der Waals surface area contributed by atoms with Crippen molar-refractivity contribution in [1.82, 2.24) is 30.0 Å². The van der Waals surface area contributed by atoms with Crippen LogP contribution in [0.4, 0.5) is 24.8 Å². The number of amides is 2. The maximum atomic E-state index is 13.1. The van der Waals surface area contributed by atoms with Crippen LogP contribution in [0.5, 0.6) is 0 Å². The number of anilines is 2. The number of nitrogens with two attached hydrogens (primary N) is 1. The molecule has 2 amide bonds. The molecule has 0 unspecified atom stereocenters. The van der Waals surface area contributed by atoms with Gasteiger partial charge >= 0.3 is 6.18 Å². The van der Waals surface area contributed by atoms with E-state index in [2.05, 4.69) is 31.6 Å². The van der Waals surface area contributed by atoms with E-state index in [1.807, 2.05) is 17.7 Å². The monoisotopic (exact) mass is 604 g/mol. The Morgan fingerprint density at radius 2 is 1.89 bits per heavy atom. The number of hydrogen-bond donors (Lipinski definition) is 3. The molecule has 0 spiro atoms. The lowest BCUT2D eigenvalue weighted by molar-refractivity contribution is -0.137. The number of alkyl halides is 3. The average molecular weight is 605 g/mol. The van der Waals surface area contributed by atoms with Crippen LogP contribution in [0.15, 0.2) is 54.9 Å². The van der Waals surface area contributed by atoms with Gasteiger partial charge in [-0.3, -0.25) is 19.2 Å². The number of nitrogens with zero attached hydrogens (tertiary/aromatic N) is 5. The number of nitrogen functional groups attached to an aromatic ring is 1. The van der Waals surface area contributed by atoms with Gasteiger partial charge in [0.15, 0.2) is 0 Å². The quantitative estimate of drug-likeness (QED) is 0.308. The van der Waals surface area contributed by atoms with Crippen LogP contribution in [0.3, 0.4) is 0 Å². The van der Waals surface area contributed by atoms with E-state index in [-0.39, 0.29) is 29.4 Å². The molecule has 4 N–H and O–H groups in total. The minimum absolute atomic E-state index is 0.0536. The van der Waals surface area contributed by atoms with Crippen molar-refractivity contribution < 1.29 is 22.8 Å². The first-order chi connectivity index (χ1) is 21.1. The number of halogens is 3. The highest BCUT2D eigenvalue weighted by Gasteiger charge is 2.34. The fourth-order valence-electron chi connectivity index (χ4n) is 5.57. The SMILES string of the molecule is C[C@@H]1CCn2nc(-c3ccc(C(=O)Nc4cc(C(F)(F)F)ccn4)cc3)c3c(N)ncc(c32)/C=C/CCN2CC[C@H]2C(=O)N1. The van der Waals surface area contributed by atoms with Gasteiger partial charge < -0.3 is 16.4 Å². The molecule has 13 heteroatoms. The first kappa shape index (κ1) is 29.3. The van der Waals surface area contributed by atoms with Gasteiger partial charge in [-0.2, -0.15) is 18.3 Å². The van der Waals surface area contributed by atoms with E-state index in [4.69, 9.17) is 10.8 Å². The molecule has 0 radical (unpaired) electrons. The van der Waals surface area contributed by atoms with Crippen LogP contribution in [0.1, 0.15) is 47.7 Å². The number of nitrogens with one attached hydrogen (secondary N) is 2. The highest BCUT2D eigenvalue weighted by molar-refractivity contribution is 6.06. The average Bonchev–Trinajstić information content (AvgIpc) is 3.36. The first-order valence-electron chi connectivity index (χ1n) is 14.4. The van der Waals surface area contributed by atoms with Crippen molar-refractivity contribution in [3.8, 4) is 11.3 Å². The molecule has 5 heterocycles. The summed E-state index contributed by atoms with van der Waals surface area (Å²) in [5.74, 6) is -0.450. The van der Waals surface area contributed by atoms with Gasteiger partial charge in [-0.25, -0.2) is 9.97 Å². The predicted molar refractivity (Wildman–Crippen MR) is 160 cm³/mol. The molecule has 0 aliphatic carbocycles. The number of carbonyl (C=O) groups is 2. The number of hydrogen-bond acceptors (Lipinski definition) is 7. The Balaban J connectivity index is 1.30. The van der Waals surface area contributed by atoms with Gasteiger partial charge in [-0.1, -0.05) is 24.3 Å². The molecule has 2 aliphatic heterocycles. The van der Waals surface area contributed by atoms with Crippen LogP contribution in [0, 0.1) is 0 Å². The second-order valence-electron chi connectivity index (χ2n) is 11.1. The molecule has 1 saturated heterocycles. The minimum atomic E-state index is -4.55. The maximum Gasteiger partial charge on any atom is 0.416 e. The molecule has 2 aliphatic rings. The first-order valence-corrected chi connectivity index (χ1v) is 14.4. The number of aromatic nitrogens is 4. The summed E-state index contributed by atoms with van der Waals surface area (Å²) in [4.78, 5) is 36.1. The largest absolute Gasteiger partial charge is 0.416 e. The molecule has 6 rings (SSSR count). The lowest BCUT2D eigenvalue weighted by Crippen LogP contribution is -2.57. The summed E-state index contributed by atoms with van der Waals surface area (Å²) in [5, 5.41) is 11.1. The molecule has 44 heavy (non-hydrogen) atoms. The van der Waals surface area contributed by atoms with Gasteiger partial charge in [0.05, 0.1) is 22.5 Å². The number of benzene rings is 1. The lowest BCUT2D eigenvalue weighted by Gasteiger charge is -2.40. The third-order valence-electron chi connectivity index (χ3n) is 8.05. The molecular weight excluding hydrogens is 573 g/mol. The maximum absolute atomic E-state index is 13.1.